The molecule has 0 amide bonds. The van der Waals surface area contributed by atoms with E-state index >= 15 is 0 Å². The van der Waals surface area contributed by atoms with Gasteiger partial charge < -0.3 is 10.1 Å². The van der Waals surface area contributed by atoms with Crippen molar-refractivity contribution in [2.24, 2.45) is 11.8 Å². The fraction of sp³-hybridized carbons (Fsp3) is 0.786. The molecule has 7 heteroatoms. The van der Waals surface area contributed by atoms with Crippen molar-refractivity contribution in [2.45, 2.75) is 45.5 Å². The van der Waals surface area contributed by atoms with Gasteiger partial charge in [-0.2, -0.15) is 13.2 Å². The van der Waals surface area contributed by atoms with Gasteiger partial charge in [0, 0.05) is 13.7 Å². The van der Waals surface area contributed by atoms with Crippen LogP contribution in [0.15, 0.2) is 0 Å². The van der Waals surface area contributed by atoms with Crippen molar-refractivity contribution in [3.63, 3.8) is 0 Å². The van der Waals surface area contributed by atoms with Gasteiger partial charge in [-0.15, -0.1) is 11.3 Å². The van der Waals surface area contributed by atoms with E-state index in [0.29, 0.717) is 23.4 Å². The number of nitrogens with one attached hydrogen (secondary N) is 1. The molecule has 1 atom stereocenters. The maximum Gasteiger partial charge on any atom is 0.434 e. The summed E-state index contributed by atoms with van der Waals surface area (Å²) in [6.07, 6.45) is -2.71. The molecule has 1 aromatic rings. The Hall–Kier alpha value is -0.660. The molecule has 1 aliphatic rings. The van der Waals surface area contributed by atoms with Gasteiger partial charge in [0.1, 0.15) is 11.1 Å². The molecule has 0 radical (unpaired) electrons. The monoisotopic (exact) mass is 322 g/mol. The molecule has 120 valence electrons. The maximum absolute atomic E-state index is 13.1. The predicted molar refractivity (Wildman–Crippen MR) is 76.1 cm³/mol. The highest BCUT2D eigenvalue weighted by Crippen LogP contribution is 2.46. The van der Waals surface area contributed by atoms with Crippen molar-refractivity contribution in [1.82, 2.24) is 10.3 Å². The molecule has 1 aliphatic carbocycles. The normalized spacial score (nSPS) is 17.5. The number of nitrogens with zero attached hydrogens (tertiary/aromatic N) is 1. The van der Waals surface area contributed by atoms with E-state index in [1.165, 1.54) is 7.11 Å². The van der Waals surface area contributed by atoms with Gasteiger partial charge in [0.2, 0.25) is 0 Å². The van der Waals surface area contributed by atoms with Crippen LogP contribution in [-0.2, 0) is 17.5 Å². The van der Waals surface area contributed by atoms with Gasteiger partial charge in [0.25, 0.3) is 0 Å². The standard InChI is InChI=1S/C14H21F3N2OS/c1-8(2)6-18-7-10-12(14(15,16)17)19-13(21-10)11(20-3)9-4-5-9/h8-9,11,18H,4-7H2,1-3H3. The van der Waals surface area contributed by atoms with Crippen LogP contribution in [0, 0.1) is 11.8 Å². The highest BCUT2D eigenvalue weighted by Gasteiger charge is 2.40. The van der Waals surface area contributed by atoms with E-state index in [0.717, 1.165) is 24.2 Å². The first-order chi connectivity index (χ1) is 9.82. The van der Waals surface area contributed by atoms with Crippen LogP contribution in [0.25, 0.3) is 0 Å². The summed E-state index contributed by atoms with van der Waals surface area (Å²) in [4.78, 5) is 4.09. The van der Waals surface area contributed by atoms with E-state index in [1.807, 2.05) is 13.8 Å². The molecule has 1 fully saturated rings. The van der Waals surface area contributed by atoms with Crippen LogP contribution in [0.4, 0.5) is 13.2 Å². The summed E-state index contributed by atoms with van der Waals surface area (Å²) >= 11 is 1.12. The second-order valence-corrected chi connectivity index (χ2v) is 6.96. The SMILES string of the molecule is COC(c1nc(C(F)(F)F)c(CNCC(C)C)s1)C1CC1. The lowest BCUT2D eigenvalue weighted by molar-refractivity contribution is -0.141. The molecule has 1 aromatic heterocycles. The largest absolute Gasteiger partial charge is 0.434 e. The fourth-order valence-corrected chi connectivity index (χ4v) is 3.43. The Morgan fingerprint density at radius 2 is 2.05 bits per heavy atom. The first kappa shape index (κ1) is 16.7. The van der Waals surface area contributed by atoms with Gasteiger partial charge in [-0.3, -0.25) is 0 Å². The van der Waals surface area contributed by atoms with Crippen LogP contribution >= 0.6 is 11.3 Å². The molecule has 1 unspecified atom stereocenters. The van der Waals surface area contributed by atoms with Crippen LogP contribution in [-0.4, -0.2) is 18.6 Å². The minimum Gasteiger partial charge on any atom is -0.374 e. The topological polar surface area (TPSA) is 34.1 Å². The number of halogens is 3. The molecular formula is C14H21F3N2OS. The van der Waals surface area contributed by atoms with Crippen LogP contribution in [0.3, 0.4) is 0 Å². The Labute approximate surface area is 126 Å². The summed E-state index contributed by atoms with van der Waals surface area (Å²) in [5.41, 5.74) is -0.763. The Morgan fingerprint density at radius 1 is 1.38 bits per heavy atom. The van der Waals surface area contributed by atoms with E-state index < -0.39 is 11.9 Å². The summed E-state index contributed by atoms with van der Waals surface area (Å²) < 4.78 is 44.7. The summed E-state index contributed by atoms with van der Waals surface area (Å²) in [5.74, 6) is 0.712. The molecule has 1 saturated carbocycles. The van der Waals surface area contributed by atoms with Gasteiger partial charge in [-0.05, 0) is 31.2 Å². The van der Waals surface area contributed by atoms with Crippen molar-refractivity contribution in [3.8, 4) is 0 Å². The maximum atomic E-state index is 13.1. The highest BCUT2D eigenvalue weighted by atomic mass is 32.1. The molecule has 0 saturated heterocycles. The van der Waals surface area contributed by atoms with Gasteiger partial charge in [0.05, 0.1) is 4.88 Å². The fourth-order valence-electron chi connectivity index (χ4n) is 2.20. The van der Waals surface area contributed by atoms with Gasteiger partial charge in [-0.25, -0.2) is 4.98 Å². The number of methoxy groups -OCH3 is 1. The molecule has 2 rings (SSSR count). The molecule has 1 heterocycles. The van der Waals surface area contributed by atoms with Crippen molar-refractivity contribution in [3.05, 3.63) is 15.6 Å². The quantitative estimate of drug-likeness (QED) is 0.824. The number of hydrogen-bond acceptors (Lipinski definition) is 4. The van der Waals surface area contributed by atoms with Crippen LogP contribution in [0.2, 0.25) is 0 Å². The lowest BCUT2D eigenvalue weighted by Gasteiger charge is -2.10. The average molecular weight is 322 g/mol. The third kappa shape index (κ3) is 4.40. The molecule has 0 aliphatic heterocycles. The number of alkyl halides is 3. The van der Waals surface area contributed by atoms with Gasteiger partial charge in [-0.1, -0.05) is 13.8 Å². The third-order valence-electron chi connectivity index (χ3n) is 3.37. The highest BCUT2D eigenvalue weighted by molar-refractivity contribution is 7.11. The predicted octanol–water partition coefficient (Wildman–Crippen LogP) is 4.01. The summed E-state index contributed by atoms with van der Waals surface area (Å²) in [6, 6.07) is 0. The third-order valence-corrected chi connectivity index (χ3v) is 4.48. The minimum atomic E-state index is -4.41. The lowest BCUT2D eigenvalue weighted by Crippen LogP contribution is -2.20. The Kier molecular flexibility index (Phi) is 5.27. The van der Waals surface area contributed by atoms with E-state index in [2.05, 4.69) is 10.3 Å². The lowest BCUT2D eigenvalue weighted by atomic mass is 10.2. The van der Waals surface area contributed by atoms with Crippen molar-refractivity contribution in [2.75, 3.05) is 13.7 Å². The minimum absolute atomic E-state index is 0.200. The van der Waals surface area contributed by atoms with Crippen LogP contribution in [0.1, 0.15) is 48.4 Å². The van der Waals surface area contributed by atoms with Gasteiger partial charge >= 0.3 is 6.18 Å². The van der Waals surface area contributed by atoms with E-state index in [4.69, 9.17) is 4.74 Å². The number of ether oxygens (including phenoxy) is 1. The molecule has 21 heavy (non-hydrogen) atoms. The Bertz CT molecular complexity index is 469. The molecule has 3 nitrogen and oxygen atoms in total. The number of rotatable bonds is 7. The van der Waals surface area contributed by atoms with E-state index in [1.54, 1.807) is 0 Å². The molecular weight excluding hydrogens is 301 g/mol. The molecule has 0 aromatic carbocycles. The first-order valence-electron chi connectivity index (χ1n) is 7.13. The molecule has 0 spiro atoms. The Balaban J connectivity index is 2.18. The number of thiazole rings is 1. The average Bonchev–Trinajstić information content (AvgIpc) is 3.09. The zero-order valence-electron chi connectivity index (χ0n) is 12.5. The zero-order valence-corrected chi connectivity index (χ0v) is 13.3. The number of aromatic nitrogens is 1. The number of hydrogen-bond donors (Lipinski definition) is 1. The Morgan fingerprint density at radius 3 is 2.52 bits per heavy atom. The van der Waals surface area contributed by atoms with Crippen LogP contribution < -0.4 is 5.32 Å². The van der Waals surface area contributed by atoms with Gasteiger partial charge in [0.15, 0.2) is 5.69 Å². The van der Waals surface area contributed by atoms with Crippen molar-refractivity contribution < 1.29 is 17.9 Å². The van der Waals surface area contributed by atoms with E-state index in [-0.39, 0.29) is 17.5 Å². The summed E-state index contributed by atoms with van der Waals surface area (Å²) in [5, 5.41) is 3.51. The van der Waals surface area contributed by atoms with Crippen molar-refractivity contribution >= 4 is 11.3 Å². The summed E-state index contributed by atoms with van der Waals surface area (Å²) in [6.45, 7) is 4.92. The smallest absolute Gasteiger partial charge is 0.374 e. The second kappa shape index (κ2) is 6.62. The second-order valence-electron chi connectivity index (χ2n) is 5.84. The molecule has 1 N–H and O–H groups in total. The zero-order chi connectivity index (χ0) is 15.6. The van der Waals surface area contributed by atoms with E-state index in [9.17, 15) is 13.2 Å². The molecule has 0 bridgehead atoms. The summed E-state index contributed by atoms with van der Waals surface area (Å²) in [7, 11) is 1.54. The van der Waals surface area contributed by atoms with Crippen molar-refractivity contribution in [1.29, 1.82) is 0 Å². The van der Waals surface area contributed by atoms with Crippen LogP contribution in [0.5, 0.6) is 0 Å². The first-order valence-corrected chi connectivity index (χ1v) is 7.94.